The van der Waals surface area contributed by atoms with Crippen LogP contribution >= 0.6 is 15.9 Å². The molecule has 0 bridgehead atoms. The van der Waals surface area contributed by atoms with E-state index < -0.39 is 11.7 Å². The summed E-state index contributed by atoms with van der Waals surface area (Å²) in [5.74, 6) is 0.435. The fourth-order valence-electron chi connectivity index (χ4n) is 1.50. The molecule has 108 valence electrons. The first-order valence-corrected chi connectivity index (χ1v) is 6.59. The van der Waals surface area contributed by atoms with E-state index in [1.165, 1.54) is 6.07 Å². The Morgan fingerprint density at radius 3 is 2.25 bits per heavy atom. The highest BCUT2D eigenvalue weighted by Gasteiger charge is 2.32. The number of hydrogen-bond acceptors (Lipinski definition) is 3. The zero-order valence-electron chi connectivity index (χ0n) is 11.0. The van der Waals surface area contributed by atoms with Gasteiger partial charge in [-0.2, -0.15) is 13.2 Å². The van der Waals surface area contributed by atoms with Crippen molar-refractivity contribution in [3.63, 3.8) is 0 Å². The van der Waals surface area contributed by atoms with Gasteiger partial charge in [0.15, 0.2) is 0 Å². The molecule has 0 atom stereocenters. The lowest BCUT2D eigenvalue weighted by molar-refractivity contribution is -0.137. The molecule has 0 N–H and O–H groups in total. The lowest BCUT2D eigenvalue weighted by Crippen LogP contribution is -2.11. The summed E-state index contributed by atoms with van der Waals surface area (Å²) in [5, 5.41) is 7.70. The molecule has 3 nitrogen and oxygen atoms in total. The van der Waals surface area contributed by atoms with Crippen molar-refractivity contribution in [2.24, 2.45) is 0 Å². The Balaban J connectivity index is 2.50. The largest absolute Gasteiger partial charge is 0.420 e. The number of halogens is 4. The smallest absolute Gasteiger partial charge is 0.416 e. The summed E-state index contributed by atoms with van der Waals surface area (Å²) in [7, 11) is 0. The van der Waals surface area contributed by atoms with Gasteiger partial charge in [-0.3, -0.25) is 0 Å². The molecule has 1 aromatic heterocycles. The molecule has 0 radical (unpaired) electrons. The van der Waals surface area contributed by atoms with E-state index in [1.807, 2.05) is 20.8 Å². The second kappa shape index (κ2) is 4.87. The summed E-state index contributed by atoms with van der Waals surface area (Å²) >= 11 is 3.20. The molecular formula is C13H12BrF3N2O. The predicted molar refractivity (Wildman–Crippen MR) is 71.1 cm³/mol. The van der Waals surface area contributed by atoms with Gasteiger partial charge in [-0.1, -0.05) is 20.8 Å². The first-order valence-electron chi connectivity index (χ1n) is 5.80. The highest BCUT2D eigenvalue weighted by molar-refractivity contribution is 9.10. The van der Waals surface area contributed by atoms with Crippen molar-refractivity contribution in [3.05, 3.63) is 34.1 Å². The van der Waals surface area contributed by atoms with Crippen LogP contribution in [-0.4, -0.2) is 10.2 Å². The zero-order valence-corrected chi connectivity index (χ0v) is 12.6. The first kappa shape index (κ1) is 15.0. The van der Waals surface area contributed by atoms with Crippen LogP contribution in [-0.2, 0) is 11.6 Å². The van der Waals surface area contributed by atoms with Crippen LogP contribution in [0.1, 0.15) is 32.2 Å². The van der Waals surface area contributed by atoms with Gasteiger partial charge < -0.3 is 4.42 Å². The highest BCUT2D eigenvalue weighted by Crippen LogP contribution is 2.36. The van der Waals surface area contributed by atoms with Crippen molar-refractivity contribution in [1.29, 1.82) is 0 Å². The molecule has 0 spiro atoms. The van der Waals surface area contributed by atoms with Crippen LogP contribution in [0.25, 0.3) is 11.5 Å². The maximum Gasteiger partial charge on any atom is 0.416 e. The van der Waals surface area contributed by atoms with E-state index in [-0.39, 0.29) is 16.9 Å². The van der Waals surface area contributed by atoms with Crippen LogP contribution in [0.2, 0.25) is 0 Å². The molecular weight excluding hydrogens is 337 g/mol. The predicted octanol–water partition coefficient (Wildman–Crippen LogP) is 4.82. The van der Waals surface area contributed by atoms with Gasteiger partial charge in [-0.15, -0.1) is 10.2 Å². The third-order valence-electron chi connectivity index (χ3n) is 2.59. The topological polar surface area (TPSA) is 38.9 Å². The van der Waals surface area contributed by atoms with E-state index in [4.69, 9.17) is 4.42 Å². The molecule has 2 aromatic rings. The fourth-order valence-corrected chi connectivity index (χ4v) is 1.92. The van der Waals surface area contributed by atoms with Gasteiger partial charge in [-0.05, 0) is 34.1 Å². The molecule has 0 amide bonds. The quantitative estimate of drug-likeness (QED) is 0.741. The van der Waals surface area contributed by atoms with Crippen LogP contribution < -0.4 is 0 Å². The number of aromatic nitrogens is 2. The lowest BCUT2D eigenvalue weighted by atomic mass is 9.97. The standard InChI is InChI=1S/C13H12BrF3N2O/c1-12(2,3)11-19-18-10(20-11)8-6-7(13(15,16)17)4-5-9(8)14/h4-6H,1-3H3. The Morgan fingerprint density at radius 1 is 1.10 bits per heavy atom. The van der Waals surface area contributed by atoms with Gasteiger partial charge in [0, 0.05) is 9.89 Å². The summed E-state index contributed by atoms with van der Waals surface area (Å²) in [5.41, 5.74) is -0.895. The SMILES string of the molecule is CC(C)(C)c1nnc(-c2cc(C(F)(F)F)ccc2Br)o1. The number of nitrogens with zero attached hydrogens (tertiary/aromatic N) is 2. The molecule has 7 heteroatoms. The maximum absolute atomic E-state index is 12.7. The third kappa shape index (κ3) is 3.03. The Hall–Kier alpha value is -1.37. The molecule has 0 aliphatic carbocycles. The minimum absolute atomic E-state index is 0.0629. The van der Waals surface area contributed by atoms with Crippen LogP contribution in [0.3, 0.4) is 0 Å². The van der Waals surface area contributed by atoms with E-state index >= 15 is 0 Å². The van der Waals surface area contributed by atoms with Gasteiger partial charge >= 0.3 is 6.18 Å². The molecule has 20 heavy (non-hydrogen) atoms. The summed E-state index contributed by atoms with van der Waals surface area (Å²) in [6.45, 7) is 5.64. The average Bonchev–Trinajstić information content (AvgIpc) is 2.76. The summed E-state index contributed by atoms with van der Waals surface area (Å²) < 4.78 is 44.1. The molecule has 0 fully saturated rings. The monoisotopic (exact) mass is 348 g/mol. The van der Waals surface area contributed by atoms with Gasteiger partial charge in [0.25, 0.3) is 0 Å². The van der Waals surface area contributed by atoms with Crippen molar-refractivity contribution < 1.29 is 17.6 Å². The van der Waals surface area contributed by atoms with E-state index in [1.54, 1.807) is 0 Å². The number of benzene rings is 1. The van der Waals surface area contributed by atoms with Gasteiger partial charge in [-0.25, -0.2) is 0 Å². The molecule has 1 aromatic carbocycles. The van der Waals surface area contributed by atoms with Crippen LogP contribution in [0, 0.1) is 0 Å². The molecule has 2 rings (SSSR count). The minimum Gasteiger partial charge on any atom is -0.420 e. The Bertz CT molecular complexity index is 629. The lowest BCUT2D eigenvalue weighted by Gasteiger charge is -2.11. The molecule has 1 heterocycles. The first-order chi connectivity index (χ1) is 9.09. The van der Waals surface area contributed by atoms with Crippen molar-refractivity contribution in [1.82, 2.24) is 10.2 Å². The van der Waals surface area contributed by atoms with E-state index in [0.717, 1.165) is 12.1 Å². The molecule has 0 saturated carbocycles. The third-order valence-corrected chi connectivity index (χ3v) is 3.28. The second-order valence-electron chi connectivity index (χ2n) is 5.35. The van der Waals surface area contributed by atoms with Gasteiger partial charge in [0.2, 0.25) is 11.8 Å². The summed E-state index contributed by atoms with van der Waals surface area (Å²) in [6.07, 6.45) is -4.41. The molecule has 0 aliphatic heterocycles. The minimum atomic E-state index is -4.41. The summed E-state index contributed by atoms with van der Waals surface area (Å²) in [6, 6.07) is 3.30. The van der Waals surface area contributed by atoms with E-state index in [9.17, 15) is 13.2 Å². The van der Waals surface area contributed by atoms with Crippen molar-refractivity contribution >= 4 is 15.9 Å². The van der Waals surface area contributed by atoms with Crippen LogP contribution in [0.15, 0.2) is 27.1 Å². The van der Waals surface area contributed by atoms with Crippen molar-refractivity contribution in [2.75, 3.05) is 0 Å². The Morgan fingerprint density at radius 2 is 1.75 bits per heavy atom. The fraction of sp³-hybridized carbons (Fsp3) is 0.385. The molecule has 0 aliphatic rings. The highest BCUT2D eigenvalue weighted by atomic mass is 79.9. The second-order valence-corrected chi connectivity index (χ2v) is 6.21. The van der Waals surface area contributed by atoms with E-state index in [0.29, 0.717) is 10.4 Å². The van der Waals surface area contributed by atoms with Gasteiger partial charge in [0.1, 0.15) is 0 Å². The van der Waals surface area contributed by atoms with Crippen LogP contribution in [0.5, 0.6) is 0 Å². The van der Waals surface area contributed by atoms with Crippen molar-refractivity contribution in [2.45, 2.75) is 32.4 Å². The number of rotatable bonds is 1. The molecule has 0 saturated heterocycles. The van der Waals surface area contributed by atoms with Gasteiger partial charge in [0.05, 0.1) is 11.1 Å². The number of hydrogen-bond donors (Lipinski definition) is 0. The van der Waals surface area contributed by atoms with Crippen LogP contribution in [0.4, 0.5) is 13.2 Å². The normalized spacial score (nSPS) is 12.8. The number of alkyl halides is 3. The molecule has 0 unspecified atom stereocenters. The Labute approximate surface area is 122 Å². The Kier molecular flexibility index (Phi) is 3.66. The average molecular weight is 349 g/mol. The van der Waals surface area contributed by atoms with Crippen molar-refractivity contribution in [3.8, 4) is 11.5 Å². The maximum atomic E-state index is 12.7. The summed E-state index contributed by atoms with van der Waals surface area (Å²) in [4.78, 5) is 0. The zero-order chi connectivity index (χ0) is 15.1. The van der Waals surface area contributed by atoms with E-state index in [2.05, 4.69) is 26.1 Å².